The molecule has 0 aliphatic rings. The Labute approximate surface area is 120 Å². The van der Waals surface area contributed by atoms with Gasteiger partial charge in [-0.3, -0.25) is 0 Å². The Bertz CT molecular complexity index is 375. The van der Waals surface area contributed by atoms with Gasteiger partial charge in [0.2, 0.25) is 0 Å². The van der Waals surface area contributed by atoms with Gasteiger partial charge in [0, 0.05) is 22.0 Å². The first kappa shape index (κ1) is 15.7. The van der Waals surface area contributed by atoms with Gasteiger partial charge in [-0.1, -0.05) is 41.9 Å². The molecule has 0 aromatic heterocycles. The summed E-state index contributed by atoms with van der Waals surface area (Å²) in [5, 5.41) is 3.67. The number of halogens is 1. The zero-order valence-electron chi connectivity index (χ0n) is 12.3. The molecule has 0 bridgehead atoms. The van der Waals surface area contributed by atoms with Crippen molar-refractivity contribution < 1.29 is 0 Å². The Hall–Kier alpha value is -0.340. The Balaban J connectivity index is 2.99. The largest absolute Gasteiger partial charge is 0.311 e. The van der Waals surface area contributed by atoms with E-state index in [-0.39, 0.29) is 11.0 Å². The van der Waals surface area contributed by atoms with Crippen LogP contribution in [0.15, 0.2) is 28.7 Å². The van der Waals surface area contributed by atoms with Crippen molar-refractivity contribution in [3.63, 3.8) is 0 Å². The van der Waals surface area contributed by atoms with Crippen LogP contribution in [0.2, 0.25) is 0 Å². The number of nitrogens with one attached hydrogen (secondary N) is 1. The second-order valence-electron chi connectivity index (χ2n) is 6.10. The second kappa shape index (κ2) is 6.21. The van der Waals surface area contributed by atoms with Crippen molar-refractivity contribution in [2.45, 2.75) is 58.4 Å². The zero-order valence-corrected chi connectivity index (χ0v) is 13.9. The highest BCUT2D eigenvalue weighted by molar-refractivity contribution is 9.10. The average molecular weight is 312 g/mol. The molecular weight excluding hydrogens is 286 g/mol. The fourth-order valence-corrected chi connectivity index (χ4v) is 2.66. The maximum Gasteiger partial charge on any atom is 0.0178 e. The summed E-state index contributed by atoms with van der Waals surface area (Å²) >= 11 is 3.58. The number of benzene rings is 1. The monoisotopic (exact) mass is 311 g/mol. The van der Waals surface area contributed by atoms with Gasteiger partial charge >= 0.3 is 0 Å². The fourth-order valence-electron chi connectivity index (χ4n) is 2.26. The molecule has 0 atom stereocenters. The Morgan fingerprint density at radius 3 is 2.17 bits per heavy atom. The lowest BCUT2D eigenvalue weighted by atomic mass is 9.75. The number of rotatable bonds is 5. The minimum atomic E-state index is 0.168. The summed E-state index contributed by atoms with van der Waals surface area (Å²) in [5.74, 6) is 0. The molecule has 18 heavy (non-hydrogen) atoms. The van der Waals surface area contributed by atoms with Gasteiger partial charge in [0.05, 0.1) is 0 Å². The van der Waals surface area contributed by atoms with Gasteiger partial charge in [0.1, 0.15) is 0 Å². The zero-order chi connectivity index (χ0) is 13.8. The van der Waals surface area contributed by atoms with Gasteiger partial charge < -0.3 is 5.32 Å². The molecule has 0 spiro atoms. The summed E-state index contributed by atoms with van der Waals surface area (Å²) in [4.78, 5) is 0. The van der Waals surface area contributed by atoms with Gasteiger partial charge in [0.15, 0.2) is 0 Å². The summed E-state index contributed by atoms with van der Waals surface area (Å²) in [6, 6.07) is 8.74. The lowest BCUT2D eigenvalue weighted by Gasteiger charge is -2.36. The van der Waals surface area contributed by atoms with Crippen LogP contribution in [-0.4, -0.2) is 12.1 Å². The molecular formula is C16H26BrN. The quantitative estimate of drug-likeness (QED) is 0.816. The third-order valence-corrected chi connectivity index (χ3v) is 4.24. The predicted molar refractivity (Wildman–Crippen MR) is 84.2 cm³/mol. The van der Waals surface area contributed by atoms with Crippen molar-refractivity contribution in [2.24, 2.45) is 0 Å². The first-order valence-corrected chi connectivity index (χ1v) is 7.63. The molecule has 0 amide bonds. The van der Waals surface area contributed by atoms with Crippen LogP contribution in [0, 0.1) is 0 Å². The molecule has 102 valence electrons. The van der Waals surface area contributed by atoms with E-state index in [9.17, 15) is 0 Å². The van der Waals surface area contributed by atoms with Crippen LogP contribution in [0.5, 0.6) is 0 Å². The molecule has 0 fully saturated rings. The van der Waals surface area contributed by atoms with Gasteiger partial charge in [-0.25, -0.2) is 0 Å². The Morgan fingerprint density at radius 1 is 1.11 bits per heavy atom. The van der Waals surface area contributed by atoms with Crippen LogP contribution in [0.4, 0.5) is 0 Å². The van der Waals surface area contributed by atoms with Gasteiger partial charge in [-0.2, -0.15) is 0 Å². The summed E-state index contributed by atoms with van der Waals surface area (Å²) in [6.07, 6.45) is 2.31. The fraction of sp³-hybridized carbons (Fsp3) is 0.625. The molecule has 0 radical (unpaired) electrons. The van der Waals surface area contributed by atoms with E-state index in [0.29, 0.717) is 0 Å². The van der Waals surface area contributed by atoms with Crippen LogP contribution in [0.3, 0.4) is 0 Å². The van der Waals surface area contributed by atoms with E-state index in [4.69, 9.17) is 0 Å². The summed E-state index contributed by atoms with van der Waals surface area (Å²) < 4.78 is 1.17. The molecule has 1 nitrogen and oxygen atoms in total. The number of hydrogen-bond acceptors (Lipinski definition) is 1. The molecule has 0 unspecified atom stereocenters. The normalized spacial score (nSPS) is 12.8. The van der Waals surface area contributed by atoms with Crippen LogP contribution >= 0.6 is 15.9 Å². The molecule has 0 heterocycles. The van der Waals surface area contributed by atoms with Crippen LogP contribution in [0.25, 0.3) is 0 Å². The highest BCUT2D eigenvalue weighted by Gasteiger charge is 2.29. The van der Waals surface area contributed by atoms with E-state index in [1.807, 2.05) is 0 Å². The highest BCUT2D eigenvalue weighted by Crippen LogP contribution is 2.33. The topological polar surface area (TPSA) is 12.0 Å². The van der Waals surface area contributed by atoms with Crippen molar-refractivity contribution in [2.75, 3.05) is 6.54 Å². The first-order chi connectivity index (χ1) is 8.33. The van der Waals surface area contributed by atoms with Crippen molar-refractivity contribution in [1.29, 1.82) is 0 Å². The van der Waals surface area contributed by atoms with Gasteiger partial charge in [-0.05, 0) is 51.3 Å². The molecule has 1 aromatic rings. The van der Waals surface area contributed by atoms with Crippen LogP contribution in [0.1, 0.15) is 53.0 Å². The summed E-state index contributed by atoms with van der Waals surface area (Å²) in [5.41, 5.74) is 1.83. The number of hydrogen-bond donors (Lipinski definition) is 1. The highest BCUT2D eigenvalue weighted by atomic mass is 79.9. The van der Waals surface area contributed by atoms with E-state index < -0.39 is 0 Å². The van der Waals surface area contributed by atoms with Crippen molar-refractivity contribution in [3.05, 3.63) is 34.3 Å². The molecule has 0 aliphatic heterocycles. The smallest absolute Gasteiger partial charge is 0.0178 e. The van der Waals surface area contributed by atoms with Crippen molar-refractivity contribution in [1.82, 2.24) is 5.32 Å². The molecule has 0 saturated carbocycles. The van der Waals surface area contributed by atoms with E-state index in [1.165, 1.54) is 10.0 Å². The Morgan fingerprint density at radius 2 is 1.72 bits per heavy atom. The van der Waals surface area contributed by atoms with E-state index in [1.54, 1.807) is 0 Å². The summed E-state index contributed by atoms with van der Waals surface area (Å²) in [6.45, 7) is 12.3. The molecule has 2 heteroatoms. The predicted octanol–water partition coefficient (Wildman–Crippen LogP) is 4.90. The molecule has 1 N–H and O–H groups in total. The molecule has 1 rings (SSSR count). The van der Waals surface area contributed by atoms with Crippen molar-refractivity contribution in [3.8, 4) is 0 Å². The third kappa shape index (κ3) is 4.10. The lowest BCUT2D eigenvalue weighted by molar-refractivity contribution is 0.312. The van der Waals surface area contributed by atoms with E-state index in [0.717, 1.165) is 19.4 Å². The standard InChI is InChI=1S/C16H26BrN/c1-6-16(7-2,12-18-15(3,4)5)13-9-8-10-14(17)11-13/h8-11,18H,6-7,12H2,1-5H3. The van der Waals surface area contributed by atoms with Gasteiger partial charge in [0.25, 0.3) is 0 Å². The summed E-state index contributed by atoms with van der Waals surface area (Å²) in [7, 11) is 0. The van der Waals surface area contributed by atoms with Crippen molar-refractivity contribution >= 4 is 15.9 Å². The average Bonchev–Trinajstić information content (AvgIpc) is 2.30. The minimum Gasteiger partial charge on any atom is -0.311 e. The molecule has 1 aromatic carbocycles. The lowest BCUT2D eigenvalue weighted by Crippen LogP contribution is -2.45. The second-order valence-corrected chi connectivity index (χ2v) is 7.02. The molecule has 0 saturated heterocycles. The first-order valence-electron chi connectivity index (χ1n) is 6.84. The van der Waals surface area contributed by atoms with Gasteiger partial charge in [-0.15, -0.1) is 0 Å². The minimum absolute atomic E-state index is 0.168. The van der Waals surface area contributed by atoms with Crippen LogP contribution in [-0.2, 0) is 5.41 Å². The van der Waals surface area contributed by atoms with E-state index in [2.05, 4.69) is 80.1 Å². The van der Waals surface area contributed by atoms with Crippen LogP contribution < -0.4 is 5.32 Å². The van der Waals surface area contributed by atoms with E-state index >= 15 is 0 Å². The Kier molecular flexibility index (Phi) is 5.42. The SMILES string of the molecule is CCC(CC)(CNC(C)(C)C)c1cccc(Br)c1. The maximum atomic E-state index is 3.67. The maximum absolute atomic E-state index is 3.67. The molecule has 0 aliphatic carbocycles. The third-order valence-electron chi connectivity index (χ3n) is 3.75.